The third-order valence-corrected chi connectivity index (χ3v) is 3.66. The van der Waals surface area contributed by atoms with Gasteiger partial charge in [0.05, 0.1) is 0 Å². The molecule has 5 nitrogen and oxygen atoms in total. The average molecular weight is 294 g/mol. The van der Waals surface area contributed by atoms with Crippen molar-refractivity contribution in [2.45, 2.75) is 13.0 Å². The van der Waals surface area contributed by atoms with Gasteiger partial charge in [-0.05, 0) is 23.8 Å². The lowest BCUT2D eigenvalue weighted by Crippen LogP contribution is -2.29. The van der Waals surface area contributed by atoms with Crippen LogP contribution in [-0.4, -0.2) is 38.6 Å². The van der Waals surface area contributed by atoms with Crippen molar-refractivity contribution >= 4 is 17.2 Å². The summed E-state index contributed by atoms with van der Waals surface area (Å²) in [6.45, 7) is 1.98. The normalized spacial score (nSPS) is 16.2. The number of H-pyrrole nitrogens is 1. The summed E-state index contributed by atoms with van der Waals surface area (Å²) in [6, 6.07) is 4.75. The van der Waals surface area contributed by atoms with Gasteiger partial charge in [0.1, 0.15) is 5.82 Å². The molecule has 1 N–H and O–H groups in total. The summed E-state index contributed by atoms with van der Waals surface area (Å²) in [5, 5.41) is 14.4. The Kier molecular flexibility index (Phi) is 3.75. The number of halogens is 2. The molecule has 0 radical (unpaired) electrons. The fourth-order valence-corrected chi connectivity index (χ4v) is 2.53. The van der Waals surface area contributed by atoms with Crippen molar-refractivity contribution in [3.63, 3.8) is 0 Å². The maximum atomic E-state index is 13.8. The summed E-state index contributed by atoms with van der Waals surface area (Å²) < 4.78 is 13.8. The molecule has 1 aromatic carbocycles. The monoisotopic (exact) mass is 293 g/mol. The van der Waals surface area contributed by atoms with Crippen LogP contribution < -0.4 is 0 Å². The minimum atomic E-state index is -0.270. The number of hydrogen-bond acceptors (Lipinski definition) is 4. The summed E-state index contributed by atoms with van der Waals surface area (Å²) in [4.78, 5) is 2.12. The van der Waals surface area contributed by atoms with Crippen molar-refractivity contribution < 1.29 is 4.39 Å². The Bertz CT molecular complexity index is 605. The van der Waals surface area contributed by atoms with Crippen LogP contribution in [0.3, 0.4) is 0 Å². The molecule has 0 saturated carbocycles. The summed E-state index contributed by atoms with van der Waals surface area (Å²) in [5.41, 5.74) is 1.53. The van der Waals surface area contributed by atoms with E-state index in [4.69, 9.17) is 11.6 Å². The Hall–Kier alpha value is -1.79. The predicted molar refractivity (Wildman–Crippen MR) is 73.5 cm³/mol. The van der Waals surface area contributed by atoms with E-state index < -0.39 is 0 Å². The Labute approximate surface area is 120 Å². The molecule has 0 bridgehead atoms. The van der Waals surface area contributed by atoms with E-state index in [2.05, 4.69) is 31.6 Å². The van der Waals surface area contributed by atoms with E-state index in [1.54, 1.807) is 12.1 Å². The van der Waals surface area contributed by atoms with Crippen molar-refractivity contribution in [3.8, 4) is 0 Å². The number of tetrazole rings is 1. The van der Waals surface area contributed by atoms with E-state index in [1.165, 1.54) is 6.07 Å². The lowest BCUT2D eigenvalue weighted by Gasteiger charge is -2.26. The number of aromatic nitrogens is 4. The second-order valence-electron chi connectivity index (χ2n) is 4.66. The molecule has 0 saturated heterocycles. The molecule has 0 amide bonds. The Morgan fingerprint density at radius 2 is 2.30 bits per heavy atom. The summed E-state index contributed by atoms with van der Waals surface area (Å²) in [6.07, 6.45) is 2.96. The minimum absolute atomic E-state index is 0.270. The van der Waals surface area contributed by atoms with Crippen LogP contribution in [-0.2, 0) is 6.54 Å². The van der Waals surface area contributed by atoms with Gasteiger partial charge in [0, 0.05) is 35.8 Å². The van der Waals surface area contributed by atoms with E-state index >= 15 is 0 Å². The molecule has 0 aliphatic carbocycles. The third kappa shape index (κ3) is 2.71. The van der Waals surface area contributed by atoms with E-state index in [1.807, 2.05) is 0 Å². The van der Waals surface area contributed by atoms with Crippen molar-refractivity contribution in [1.29, 1.82) is 0 Å². The first-order chi connectivity index (χ1) is 9.74. The van der Waals surface area contributed by atoms with Gasteiger partial charge in [-0.3, -0.25) is 4.90 Å². The van der Waals surface area contributed by atoms with Crippen LogP contribution in [0.15, 0.2) is 24.3 Å². The van der Waals surface area contributed by atoms with Crippen molar-refractivity contribution in [3.05, 3.63) is 46.5 Å². The standard InChI is InChI=1S/C13H13ClFN5/c14-11-4-1-5-12(15)10(11)8-20-6-2-3-9(7-20)13-16-18-19-17-13/h1,3-5H,2,6-8H2,(H,16,17,18,19). The maximum Gasteiger partial charge on any atom is 0.201 e. The SMILES string of the molecule is Fc1cccc(Cl)c1CN1CCC=C(c2nn[nH]n2)C1. The molecule has 20 heavy (non-hydrogen) atoms. The summed E-state index contributed by atoms with van der Waals surface area (Å²) >= 11 is 6.06. The number of rotatable bonds is 3. The molecule has 2 heterocycles. The highest BCUT2D eigenvalue weighted by atomic mass is 35.5. The van der Waals surface area contributed by atoms with Gasteiger partial charge in [-0.1, -0.05) is 23.7 Å². The van der Waals surface area contributed by atoms with Gasteiger partial charge >= 0.3 is 0 Å². The van der Waals surface area contributed by atoms with E-state index in [0.717, 1.165) is 18.5 Å². The molecule has 7 heteroatoms. The molecule has 1 aromatic heterocycles. The topological polar surface area (TPSA) is 57.7 Å². The van der Waals surface area contributed by atoms with E-state index in [0.29, 0.717) is 29.5 Å². The fraction of sp³-hybridized carbons (Fsp3) is 0.308. The molecule has 0 atom stereocenters. The second-order valence-corrected chi connectivity index (χ2v) is 5.07. The molecule has 1 aliphatic rings. The van der Waals surface area contributed by atoms with Crippen LogP contribution in [0, 0.1) is 5.82 Å². The average Bonchev–Trinajstić information content (AvgIpc) is 2.98. The summed E-state index contributed by atoms with van der Waals surface area (Å²) in [7, 11) is 0. The van der Waals surface area contributed by atoms with Gasteiger partial charge in [0.15, 0.2) is 0 Å². The first kappa shape index (κ1) is 13.2. The largest absolute Gasteiger partial charge is 0.294 e. The van der Waals surface area contributed by atoms with Crippen molar-refractivity contribution in [2.24, 2.45) is 0 Å². The zero-order valence-corrected chi connectivity index (χ0v) is 11.4. The molecular weight excluding hydrogens is 281 g/mol. The van der Waals surface area contributed by atoms with Crippen molar-refractivity contribution in [2.75, 3.05) is 13.1 Å². The number of hydrogen-bond donors (Lipinski definition) is 1. The predicted octanol–water partition coefficient (Wildman–Crippen LogP) is 2.28. The minimum Gasteiger partial charge on any atom is -0.294 e. The van der Waals surface area contributed by atoms with Crippen LogP contribution in [0.1, 0.15) is 17.8 Å². The highest BCUT2D eigenvalue weighted by molar-refractivity contribution is 6.31. The van der Waals surface area contributed by atoms with Crippen LogP contribution in [0.25, 0.3) is 5.57 Å². The fourth-order valence-electron chi connectivity index (χ4n) is 2.31. The smallest absolute Gasteiger partial charge is 0.201 e. The van der Waals surface area contributed by atoms with Gasteiger partial charge in [0.2, 0.25) is 5.82 Å². The molecule has 0 unspecified atom stereocenters. The zero-order chi connectivity index (χ0) is 13.9. The molecular formula is C13H13ClFN5. The third-order valence-electron chi connectivity index (χ3n) is 3.31. The first-order valence-electron chi connectivity index (χ1n) is 6.32. The quantitative estimate of drug-likeness (QED) is 0.943. The molecule has 1 aliphatic heterocycles. The maximum absolute atomic E-state index is 13.8. The summed E-state index contributed by atoms with van der Waals surface area (Å²) in [5.74, 6) is 0.322. The molecule has 3 rings (SSSR count). The molecule has 0 fully saturated rings. The van der Waals surface area contributed by atoms with Gasteiger partial charge in [-0.2, -0.15) is 5.21 Å². The van der Waals surface area contributed by atoms with Gasteiger partial charge < -0.3 is 0 Å². The number of aromatic amines is 1. The Morgan fingerprint density at radius 3 is 3.05 bits per heavy atom. The molecule has 2 aromatic rings. The first-order valence-corrected chi connectivity index (χ1v) is 6.70. The Balaban J connectivity index is 1.75. The number of nitrogens with zero attached hydrogens (tertiary/aromatic N) is 4. The van der Waals surface area contributed by atoms with Gasteiger partial charge in [0.25, 0.3) is 0 Å². The highest BCUT2D eigenvalue weighted by Crippen LogP contribution is 2.24. The Morgan fingerprint density at radius 1 is 1.40 bits per heavy atom. The lowest BCUT2D eigenvalue weighted by molar-refractivity contribution is 0.291. The van der Waals surface area contributed by atoms with Crippen LogP contribution in [0.4, 0.5) is 4.39 Å². The van der Waals surface area contributed by atoms with Crippen molar-refractivity contribution in [1.82, 2.24) is 25.5 Å². The van der Waals surface area contributed by atoms with Crippen LogP contribution in [0.2, 0.25) is 5.02 Å². The van der Waals surface area contributed by atoms with Crippen LogP contribution in [0.5, 0.6) is 0 Å². The van der Waals surface area contributed by atoms with Crippen LogP contribution >= 0.6 is 11.6 Å². The number of nitrogens with one attached hydrogen (secondary N) is 1. The second kappa shape index (κ2) is 5.68. The van der Waals surface area contributed by atoms with Gasteiger partial charge in [-0.15, -0.1) is 10.2 Å². The highest BCUT2D eigenvalue weighted by Gasteiger charge is 2.19. The lowest BCUT2D eigenvalue weighted by atomic mass is 10.1. The molecule has 104 valence electrons. The molecule has 0 spiro atoms. The van der Waals surface area contributed by atoms with Gasteiger partial charge in [-0.25, -0.2) is 4.39 Å². The van der Waals surface area contributed by atoms with E-state index in [-0.39, 0.29) is 5.82 Å². The zero-order valence-electron chi connectivity index (χ0n) is 10.7. The number of benzene rings is 1. The van der Waals surface area contributed by atoms with E-state index in [9.17, 15) is 4.39 Å².